The molecule has 1 heterocycles. The van der Waals surface area contributed by atoms with Crippen LogP contribution in [0.5, 0.6) is 0 Å². The van der Waals surface area contributed by atoms with E-state index >= 15 is 0 Å². The van der Waals surface area contributed by atoms with Gasteiger partial charge in [0, 0.05) is 18.6 Å². The standard InChI is InChI=1S/C13H14FN3O2S/c1-2-19-8-7-11-16-17-13(20-11)15-12(18)9-3-5-10(14)6-4-9/h3-6H,2,7-8H2,1H3,(H,15,17,18). The lowest BCUT2D eigenvalue weighted by atomic mass is 10.2. The number of halogens is 1. The smallest absolute Gasteiger partial charge is 0.257 e. The highest BCUT2D eigenvalue weighted by molar-refractivity contribution is 7.15. The first-order chi connectivity index (χ1) is 9.69. The summed E-state index contributed by atoms with van der Waals surface area (Å²) in [6, 6.07) is 5.31. The van der Waals surface area contributed by atoms with Crippen molar-refractivity contribution >= 4 is 22.4 Å². The topological polar surface area (TPSA) is 64.1 Å². The maximum atomic E-state index is 12.8. The van der Waals surface area contributed by atoms with E-state index in [1.165, 1.54) is 35.6 Å². The van der Waals surface area contributed by atoms with Gasteiger partial charge in [-0.05, 0) is 31.2 Å². The van der Waals surface area contributed by atoms with Crippen LogP contribution in [0.15, 0.2) is 24.3 Å². The molecule has 2 rings (SSSR count). The van der Waals surface area contributed by atoms with E-state index in [1.807, 2.05) is 6.92 Å². The summed E-state index contributed by atoms with van der Waals surface area (Å²) in [7, 11) is 0. The van der Waals surface area contributed by atoms with Crippen LogP contribution in [0.3, 0.4) is 0 Å². The summed E-state index contributed by atoms with van der Waals surface area (Å²) in [4.78, 5) is 11.9. The second kappa shape index (κ2) is 7.06. The summed E-state index contributed by atoms with van der Waals surface area (Å²) >= 11 is 1.30. The predicted octanol–water partition coefficient (Wildman–Crippen LogP) is 2.51. The zero-order valence-electron chi connectivity index (χ0n) is 10.9. The average molecular weight is 295 g/mol. The Bertz CT molecular complexity index is 571. The summed E-state index contributed by atoms with van der Waals surface area (Å²) in [6.45, 7) is 3.17. The Hall–Kier alpha value is -1.86. The highest BCUT2D eigenvalue weighted by Gasteiger charge is 2.10. The van der Waals surface area contributed by atoms with Crippen LogP contribution in [0.4, 0.5) is 9.52 Å². The van der Waals surface area contributed by atoms with Gasteiger partial charge in [-0.2, -0.15) is 0 Å². The van der Waals surface area contributed by atoms with Gasteiger partial charge in [-0.3, -0.25) is 10.1 Å². The van der Waals surface area contributed by atoms with Crippen LogP contribution < -0.4 is 5.32 Å². The Labute approximate surface area is 119 Å². The fourth-order valence-electron chi connectivity index (χ4n) is 1.48. The number of carbonyl (C=O) groups excluding carboxylic acids is 1. The molecular weight excluding hydrogens is 281 g/mol. The maximum Gasteiger partial charge on any atom is 0.257 e. The van der Waals surface area contributed by atoms with E-state index < -0.39 is 0 Å². The Morgan fingerprint density at radius 3 is 2.80 bits per heavy atom. The first-order valence-electron chi connectivity index (χ1n) is 6.16. The van der Waals surface area contributed by atoms with Crippen LogP contribution >= 0.6 is 11.3 Å². The van der Waals surface area contributed by atoms with Gasteiger partial charge in [-0.1, -0.05) is 11.3 Å². The molecule has 0 bridgehead atoms. The molecular formula is C13H14FN3O2S. The van der Waals surface area contributed by atoms with Crippen LogP contribution in [0, 0.1) is 5.82 Å². The number of hydrogen-bond acceptors (Lipinski definition) is 5. The number of hydrogen-bond donors (Lipinski definition) is 1. The molecule has 0 fully saturated rings. The summed E-state index contributed by atoms with van der Waals surface area (Å²) in [5.41, 5.74) is 0.373. The first-order valence-corrected chi connectivity index (χ1v) is 6.97. The molecule has 0 aliphatic carbocycles. The van der Waals surface area contributed by atoms with Crippen molar-refractivity contribution < 1.29 is 13.9 Å². The number of benzene rings is 1. The Balaban J connectivity index is 1.92. The third kappa shape index (κ3) is 4.07. The number of nitrogens with zero attached hydrogens (tertiary/aromatic N) is 2. The van der Waals surface area contributed by atoms with E-state index in [-0.39, 0.29) is 11.7 Å². The lowest BCUT2D eigenvalue weighted by Gasteiger charge is -2.00. The molecule has 0 atom stereocenters. The predicted molar refractivity (Wildman–Crippen MR) is 74.5 cm³/mol. The van der Waals surface area contributed by atoms with Gasteiger partial charge in [-0.25, -0.2) is 4.39 Å². The first kappa shape index (κ1) is 14.5. The molecule has 1 aromatic heterocycles. The number of aromatic nitrogens is 2. The molecule has 20 heavy (non-hydrogen) atoms. The zero-order chi connectivity index (χ0) is 14.4. The average Bonchev–Trinajstić information content (AvgIpc) is 2.87. The fraction of sp³-hybridized carbons (Fsp3) is 0.308. The van der Waals surface area contributed by atoms with Crippen LogP contribution in [0.1, 0.15) is 22.3 Å². The summed E-state index contributed by atoms with van der Waals surface area (Å²) in [5, 5.41) is 11.7. The van der Waals surface area contributed by atoms with Crippen LogP contribution in [-0.2, 0) is 11.2 Å². The van der Waals surface area contributed by atoms with Gasteiger partial charge in [-0.15, -0.1) is 10.2 Å². The molecule has 0 spiro atoms. The van der Waals surface area contributed by atoms with E-state index in [9.17, 15) is 9.18 Å². The number of amides is 1. The molecule has 0 aliphatic heterocycles. The van der Waals surface area contributed by atoms with Crippen molar-refractivity contribution in [2.24, 2.45) is 0 Å². The number of ether oxygens (including phenoxy) is 1. The number of rotatable bonds is 6. The lowest BCUT2D eigenvalue weighted by Crippen LogP contribution is -2.11. The SMILES string of the molecule is CCOCCc1nnc(NC(=O)c2ccc(F)cc2)s1. The van der Waals surface area contributed by atoms with Crippen molar-refractivity contribution in [3.8, 4) is 0 Å². The van der Waals surface area contributed by atoms with Crippen LogP contribution in [-0.4, -0.2) is 29.3 Å². The van der Waals surface area contributed by atoms with E-state index in [0.717, 1.165) is 5.01 Å². The Morgan fingerprint density at radius 1 is 1.35 bits per heavy atom. The van der Waals surface area contributed by atoms with Gasteiger partial charge in [0.1, 0.15) is 10.8 Å². The van der Waals surface area contributed by atoms with Gasteiger partial charge in [0.15, 0.2) is 0 Å². The van der Waals surface area contributed by atoms with Gasteiger partial charge in [0.05, 0.1) is 6.61 Å². The summed E-state index contributed by atoms with van der Waals surface area (Å²) in [5.74, 6) is -0.715. The minimum absolute atomic E-state index is 0.336. The second-order valence-corrected chi connectivity index (χ2v) is 4.97. The van der Waals surface area contributed by atoms with E-state index in [0.29, 0.717) is 30.3 Å². The quantitative estimate of drug-likeness (QED) is 0.832. The molecule has 0 saturated carbocycles. The van der Waals surface area contributed by atoms with Gasteiger partial charge >= 0.3 is 0 Å². The monoisotopic (exact) mass is 295 g/mol. The van der Waals surface area contributed by atoms with E-state index in [1.54, 1.807) is 0 Å². The Morgan fingerprint density at radius 2 is 2.10 bits per heavy atom. The molecule has 0 aliphatic rings. The molecule has 7 heteroatoms. The number of anilines is 1. The highest BCUT2D eigenvalue weighted by atomic mass is 32.1. The molecule has 0 unspecified atom stereocenters. The van der Waals surface area contributed by atoms with Crippen molar-refractivity contribution in [2.75, 3.05) is 18.5 Å². The number of carbonyl (C=O) groups is 1. The fourth-order valence-corrected chi connectivity index (χ4v) is 2.20. The van der Waals surface area contributed by atoms with Crippen molar-refractivity contribution in [3.05, 3.63) is 40.7 Å². The van der Waals surface area contributed by atoms with Crippen molar-refractivity contribution in [2.45, 2.75) is 13.3 Å². The molecule has 0 saturated heterocycles. The zero-order valence-corrected chi connectivity index (χ0v) is 11.7. The molecule has 106 valence electrons. The van der Waals surface area contributed by atoms with Gasteiger partial charge in [0.2, 0.25) is 5.13 Å². The van der Waals surface area contributed by atoms with Gasteiger partial charge in [0.25, 0.3) is 5.91 Å². The lowest BCUT2D eigenvalue weighted by molar-refractivity contribution is 0.102. The molecule has 5 nitrogen and oxygen atoms in total. The normalized spacial score (nSPS) is 10.5. The third-order valence-corrected chi connectivity index (χ3v) is 3.36. The third-order valence-electron chi connectivity index (χ3n) is 2.46. The molecule has 1 amide bonds. The minimum atomic E-state index is -0.379. The molecule has 1 N–H and O–H groups in total. The van der Waals surface area contributed by atoms with Crippen LogP contribution in [0.2, 0.25) is 0 Å². The molecule has 2 aromatic rings. The Kier molecular flexibility index (Phi) is 5.14. The van der Waals surface area contributed by atoms with E-state index in [4.69, 9.17) is 4.74 Å². The largest absolute Gasteiger partial charge is 0.381 e. The van der Waals surface area contributed by atoms with Crippen LogP contribution in [0.25, 0.3) is 0 Å². The number of nitrogens with one attached hydrogen (secondary N) is 1. The summed E-state index contributed by atoms with van der Waals surface area (Å²) < 4.78 is 18.0. The van der Waals surface area contributed by atoms with Gasteiger partial charge < -0.3 is 4.74 Å². The second-order valence-electron chi connectivity index (χ2n) is 3.91. The highest BCUT2D eigenvalue weighted by Crippen LogP contribution is 2.16. The van der Waals surface area contributed by atoms with Crippen molar-refractivity contribution in [1.82, 2.24) is 10.2 Å². The van der Waals surface area contributed by atoms with Crippen molar-refractivity contribution in [3.63, 3.8) is 0 Å². The maximum absolute atomic E-state index is 12.8. The molecule has 0 radical (unpaired) electrons. The van der Waals surface area contributed by atoms with Crippen molar-refractivity contribution in [1.29, 1.82) is 0 Å². The van der Waals surface area contributed by atoms with E-state index in [2.05, 4.69) is 15.5 Å². The minimum Gasteiger partial charge on any atom is -0.381 e. The summed E-state index contributed by atoms with van der Waals surface area (Å²) in [6.07, 6.45) is 0.665. The molecule has 1 aromatic carbocycles.